The molecule has 8 heteroatoms. The smallest absolute Gasteiger partial charge is 0.206 e. The molecule has 0 saturated heterocycles. The molecule has 2 rings (SSSR count). The number of rotatable bonds is 7. The molecule has 0 spiro atoms. The number of halogens is 4. The first kappa shape index (κ1) is 19.8. The Labute approximate surface area is 149 Å². The van der Waals surface area contributed by atoms with Crippen LogP contribution in [0.4, 0.5) is 17.7 Å². The van der Waals surface area contributed by atoms with E-state index in [4.69, 9.17) is 5.41 Å². The Balaban J connectivity index is 2.51. The maximum Gasteiger partial charge on any atom is 0.206 e. The van der Waals surface area contributed by atoms with Crippen LogP contribution in [-0.2, 0) is 6.67 Å². The van der Waals surface area contributed by atoms with Gasteiger partial charge < -0.3 is 5.32 Å². The molecule has 2 N–H and O–H groups in total. The van der Waals surface area contributed by atoms with Gasteiger partial charge in [-0.25, -0.2) is 4.39 Å². The van der Waals surface area contributed by atoms with Crippen LogP contribution >= 0.6 is 0 Å². The van der Waals surface area contributed by atoms with Crippen LogP contribution in [0.3, 0.4) is 0 Å². The topological polar surface area (TPSA) is 51.5 Å². The van der Waals surface area contributed by atoms with Gasteiger partial charge in [0.15, 0.2) is 0 Å². The van der Waals surface area contributed by atoms with Gasteiger partial charge in [0, 0.05) is 42.5 Å². The molecule has 0 aromatic heterocycles. The lowest BCUT2D eigenvalue weighted by Crippen LogP contribution is -2.40. The lowest BCUT2D eigenvalue weighted by Gasteiger charge is -2.28. The van der Waals surface area contributed by atoms with Crippen molar-refractivity contribution >= 4 is 12.2 Å². The Morgan fingerprint density at radius 2 is 2.04 bits per heavy atom. The minimum Gasteiger partial charge on any atom is -0.363 e. The van der Waals surface area contributed by atoms with E-state index in [1.807, 2.05) is 0 Å². The molecule has 1 aliphatic carbocycles. The second kappa shape index (κ2) is 8.27. The molecule has 4 nitrogen and oxygen atoms in total. The number of hydrogen-bond donors (Lipinski definition) is 2. The molecule has 1 aliphatic rings. The predicted molar refractivity (Wildman–Crippen MR) is 93.6 cm³/mol. The van der Waals surface area contributed by atoms with Gasteiger partial charge in [-0.3, -0.25) is 10.4 Å². The molecule has 0 radical (unpaired) electrons. The summed E-state index contributed by atoms with van der Waals surface area (Å²) >= 11 is 0. The monoisotopic (exact) mass is 368 g/mol. The SMILES string of the molecule is CN=CC1=C(N/C=C\C(=N)F)[C@@](C)(N(F)F)CC1c1ccc(CF)cc1. The largest absolute Gasteiger partial charge is 0.363 e. The molecule has 0 aliphatic heterocycles. The van der Waals surface area contributed by atoms with Crippen molar-refractivity contribution in [2.24, 2.45) is 4.99 Å². The van der Waals surface area contributed by atoms with Crippen LogP contribution in [0.2, 0.25) is 0 Å². The minimum atomic E-state index is -1.65. The van der Waals surface area contributed by atoms with Crippen LogP contribution in [0.1, 0.15) is 30.4 Å². The van der Waals surface area contributed by atoms with E-state index in [1.165, 1.54) is 20.2 Å². The maximum absolute atomic E-state index is 13.7. The van der Waals surface area contributed by atoms with Crippen molar-refractivity contribution in [2.45, 2.75) is 31.5 Å². The number of aliphatic imine (C=N–C) groups is 1. The summed E-state index contributed by atoms with van der Waals surface area (Å²) in [6, 6.07) is 6.65. The first-order valence-corrected chi connectivity index (χ1v) is 7.94. The highest BCUT2D eigenvalue weighted by atomic mass is 19.4. The van der Waals surface area contributed by atoms with Gasteiger partial charge in [0.1, 0.15) is 12.2 Å². The van der Waals surface area contributed by atoms with E-state index in [9.17, 15) is 17.7 Å². The number of nitrogens with one attached hydrogen (secondary N) is 2. The number of alkyl halides is 1. The fraction of sp³-hybridized carbons (Fsp3) is 0.333. The third kappa shape index (κ3) is 4.01. The molecular formula is C18H20F4N4. The molecule has 2 atom stereocenters. The van der Waals surface area contributed by atoms with Crippen LogP contribution in [0.25, 0.3) is 0 Å². The van der Waals surface area contributed by atoms with Crippen LogP contribution in [0.5, 0.6) is 0 Å². The zero-order valence-electron chi connectivity index (χ0n) is 14.4. The van der Waals surface area contributed by atoms with Crippen LogP contribution in [0.15, 0.2) is 52.8 Å². The first-order valence-electron chi connectivity index (χ1n) is 7.94. The van der Waals surface area contributed by atoms with E-state index in [1.54, 1.807) is 24.3 Å². The molecule has 140 valence electrons. The zero-order chi connectivity index (χ0) is 19.3. The Morgan fingerprint density at radius 3 is 2.54 bits per heavy atom. The summed E-state index contributed by atoms with van der Waals surface area (Å²) in [4.78, 5) is 3.96. The summed E-state index contributed by atoms with van der Waals surface area (Å²) in [6.07, 6.45) is 3.48. The van der Waals surface area contributed by atoms with Crippen molar-refractivity contribution in [3.8, 4) is 0 Å². The van der Waals surface area contributed by atoms with Crippen molar-refractivity contribution in [1.82, 2.24) is 10.7 Å². The fourth-order valence-corrected chi connectivity index (χ4v) is 3.12. The van der Waals surface area contributed by atoms with Crippen molar-refractivity contribution in [3.63, 3.8) is 0 Å². The summed E-state index contributed by atoms with van der Waals surface area (Å²) in [5.74, 6) is -1.59. The lowest BCUT2D eigenvalue weighted by molar-refractivity contribution is -0.215. The van der Waals surface area contributed by atoms with Crippen molar-refractivity contribution in [1.29, 1.82) is 5.41 Å². The van der Waals surface area contributed by atoms with Gasteiger partial charge in [-0.1, -0.05) is 24.3 Å². The average molecular weight is 368 g/mol. The molecule has 0 fully saturated rings. The van der Waals surface area contributed by atoms with E-state index in [0.717, 1.165) is 17.8 Å². The summed E-state index contributed by atoms with van der Waals surface area (Å²) in [5.41, 5.74) is 0.306. The molecular weight excluding hydrogens is 348 g/mol. The molecule has 0 saturated carbocycles. The van der Waals surface area contributed by atoms with Gasteiger partial charge in [0.2, 0.25) is 5.97 Å². The van der Waals surface area contributed by atoms with Gasteiger partial charge in [-0.15, -0.1) is 8.96 Å². The molecule has 1 aromatic carbocycles. The quantitative estimate of drug-likeness (QED) is 0.424. The highest BCUT2D eigenvalue weighted by Gasteiger charge is 2.48. The number of nitrogens with zero attached hydrogens (tertiary/aromatic N) is 2. The van der Waals surface area contributed by atoms with Gasteiger partial charge in [-0.05, 0) is 30.0 Å². The summed E-state index contributed by atoms with van der Waals surface area (Å²) in [7, 11) is 1.53. The van der Waals surface area contributed by atoms with Crippen molar-refractivity contribution < 1.29 is 17.7 Å². The second-order valence-corrected chi connectivity index (χ2v) is 6.18. The fourth-order valence-electron chi connectivity index (χ4n) is 3.12. The van der Waals surface area contributed by atoms with E-state index in [2.05, 4.69) is 10.3 Å². The molecule has 0 amide bonds. The molecule has 26 heavy (non-hydrogen) atoms. The van der Waals surface area contributed by atoms with E-state index < -0.39 is 29.4 Å². The van der Waals surface area contributed by atoms with Gasteiger partial charge >= 0.3 is 0 Å². The Morgan fingerprint density at radius 1 is 1.38 bits per heavy atom. The third-order valence-electron chi connectivity index (χ3n) is 4.44. The zero-order valence-corrected chi connectivity index (χ0v) is 14.4. The minimum absolute atomic E-state index is 0.0551. The normalized spacial score (nSPS) is 23.6. The number of hydrogen-bond acceptors (Lipinski definition) is 4. The predicted octanol–water partition coefficient (Wildman–Crippen LogP) is 4.48. The standard InChI is InChI=1S/C18H20F4N4/c1-18(26(21)22)9-14(13-5-3-12(10-19)4-6-13)15(11-24-2)17(18)25-8-7-16(20)23/h3-8,11,14,23,25H,9-10H2,1-2H3/b8-7-,23-16?,24-11?/t14?,18-/m0/s1. The van der Waals surface area contributed by atoms with Crippen LogP contribution in [0, 0.1) is 5.41 Å². The first-order chi connectivity index (χ1) is 12.3. The number of benzene rings is 1. The van der Waals surface area contributed by atoms with E-state index in [0.29, 0.717) is 11.1 Å². The van der Waals surface area contributed by atoms with E-state index >= 15 is 0 Å². The highest BCUT2D eigenvalue weighted by Crippen LogP contribution is 2.47. The Bertz CT molecular complexity index is 740. The van der Waals surface area contributed by atoms with Gasteiger partial charge in [-0.2, -0.15) is 4.39 Å². The maximum atomic E-state index is 13.7. The summed E-state index contributed by atoms with van der Waals surface area (Å²) < 4.78 is 52.7. The highest BCUT2D eigenvalue weighted by molar-refractivity contribution is 5.85. The van der Waals surface area contributed by atoms with E-state index in [-0.39, 0.29) is 12.1 Å². The molecule has 1 unspecified atom stereocenters. The van der Waals surface area contributed by atoms with Gasteiger partial charge in [0.25, 0.3) is 0 Å². The van der Waals surface area contributed by atoms with Crippen molar-refractivity contribution in [2.75, 3.05) is 7.05 Å². The van der Waals surface area contributed by atoms with Crippen molar-refractivity contribution in [3.05, 3.63) is 58.9 Å². The Kier molecular flexibility index (Phi) is 6.31. The third-order valence-corrected chi connectivity index (χ3v) is 4.44. The Hall–Kier alpha value is -2.48. The molecule has 1 aromatic rings. The van der Waals surface area contributed by atoms with Crippen LogP contribution in [-0.4, -0.2) is 30.1 Å². The molecule has 0 heterocycles. The second-order valence-electron chi connectivity index (χ2n) is 6.18. The number of allylic oxidation sites excluding steroid dienone is 2. The van der Waals surface area contributed by atoms with Gasteiger partial charge in [0.05, 0.1) is 0 Å². The summed E-state index contributed by atoms with van der Waals surface area (Å²) in [6.45, 7) is 0.765. The van der Waals surface area contributed by atoms with Crippen LogP contribution < -0.4 is 5.32 Å². The summed E-state index contributed by atoms with van der Waals surface area (Å²) in [5, 5.41) is 8.57. The molecule has 0 bridgehead atoms. The lowest BCUT2D eigenvalue weighted by atomic mass is 9.89. The average Bonchev–Trinajstić information content (AvgIpc) is 2.89.